The molecular weight excluding hydrogens is 415 g/mol. The lowest BCUT2D eigenvalue weighted by molar-refractivity contribution is 0.0322. The summed E-state index contributed by atoms with van der Waals surface area (Å²) in [5.41, 5.74) is 1.74. The summed E-state index contributed by atoms with van der Waals surface area (Å²) in [5, 5.41) is 12.3. The first-order valence-electron chi connectivity index (χ1n) is 10.8. The van der Waals surface area contributed by atoms with Crippen LogP contribution < -0.4 is 10.1 Å². The summed E-state index contributed by atoms with van der Waals surface area (Å²) >= 11 is 0. The quantitative estimate of drug-likeness (QED) is 0.653. The smallest absolute Gasteiger partial charge is 0.335 e. The minimum atomic E-state index is -1.07. The number of carbonyl (C=O) groups excluding carboxylic acids is 1. The first-order chi connectivity index (χ1) is 15.4. The van der Waals surface area contributed by atoms with Crippen molar-refractivity contribution in [3.63, 3.8) is 0 Å². The van der Waals surface area contributed by atoms with Gasteiger partial charge >= 0.3 is 5.97 Å². The maximum atomic E-state index is 14.7. The zero-order valence-corrected chi connectivity index (χ0v) is 18.0. The monoisotopic (exact) mass is 442 g/mol. The number of nitrogens with one attached hydrogen (secondary N) is 1. The summed E-state index contributed by atoms with van der Waals surface area (Å²) in [6.45, 7) is 5.62. The zero-order valence-electron chi connectivity index (χ0n) is 18.0. The van der Waals surface area contributed by atoms with E-state index in [0.717, 1.165) is 25.9 Å². The SMILES string of the molecule is Cc1c(F)cc(C(=O)NC2CC2)cc1-c1ccc(C(=O)O)cc1OCCN1CCOCC1. The molecule has 1 heterocycles. The Morgan fingerprint density at radius 2 is 1.91 bits per heavy atom. The van der Waals surface area contributed by atoms with E-state index in [2.05, 4.69) is 10.2 Å². The van der Waals surface area contributed by atoms with Gasteiger partial charge in [0.1, 0.15) is 18.2 Å². The molecular formula is C24H27FN2O5. The molecule has 2 fully saturated rings. The molecule has 0 unspecified atom stereocenters. The number of benzene rings is 2. The molecule has 1 aliphatic heterocycles. The minimum absolute atomic E-state index is 0.0795. The van der Waals surface area contributed by atoms with Crippen LogP contribution in [0.3, 0.4) is 0 Å². The molecule has 32 heavy (non-hydrogen) atoms. The largest absolute Gasteiger partial charge is 0.492 e. The van der Waals surface area contributed by atoms with Crippen LogP contribution in [0.4, 0.5) is 4.39 Å². The first-order valence-corrected chi connectivity index (χ1v) is 10.8. The van der Waals surface area contributed by atoms with Gasteiger partial charge in [-0.15, -0.1) is 0 Å². The van der Waals surface area contributed by atoms with Crippen molar-refractivity contribution in [1.29, 1.82) is 0 Å². The Morgan fingerprint density at radius 1 is 1.16 bits per heavy atom. The Kier molecular flexibility index (Phi) is 6.72. The Labute approximate surface area is 186 Å². The van der Waals surface area contributed by atoms with Crippen LogP contribution in [0.5, 0.6) is 5.75 Å². The number of carbonyl (C=O) groups is 2. The third-order valence-corrected chi connectivity index (χ3v) is 5.81. The molecule has 0 bridgehead atoms. The van der Waals surface area contributed by atoms with Crippen LogP contribution in [-0.2, 0) is 4.74 Å². The number of nitrogens with zero attached hydrogens (tertiary/aromatic N) is 1. The maximum absolute atomic E-state index is 14.7. The van der Waals surface area contributed by atoms with Crippen molar-refractivity contribution in [1.82, 2.24) is 10.2 Å². The number of aromatic carboxylic acids is 1. The lowest BCUT2D eigenvalue weighted by Crippen LogP contribution is -2.38. The molecule has 170 valence electrons. The van der Waals surface area contributed by atoms with E-state index in [-0.39, 0.29) is 23.1 Å². The van der Waals surface area contributed by atoms with E-state index < -0.39 is 11.8 Å². The van der Waals surface area contributed by atoms with Gasteiger partial charge in [-0.05, 0) is 61.2 Å². The van der Waals surface area contributed by atoms with Gasteiger partial charge in [-0.25, -0.2) is 9.18 Å². The average molecular weight is 442 g/mol. The van der Waals surface area contributed by atoms with Gasteiger partial charge in [0, 0.05) is 36.8 Å². The van der Waals surface area contributed by atoms with Gasteiger partial charge in [0.15, 0.2) is 0 Å². The van der Waals surface area contributed by atoms with Gasteiger partial charge in [0.05, 0.1) is 18.8 Å². The van der Waals surface area contributed by atoms with E-state index in [9.17, 15) is 19.1 Å². The van der Waals surface area contributed by atoms with Crippen LogP contribution in [0.15, 0.2) is 30.3 Å². The van der Waals surface area contributed by atoms with Gasteiger partial charge in [-0.2, -0.15) is 0 Å². The van der Waals surface area contributed by atoms with Crippen LogP contribution in [0.25, 0.3) is 11.1 Å². The predicted molar refractivity (Wildman–Crippen MR) is 117 cm³/mol. The van der Waals surface area contributed by atoms with Crippen molar-refractivity contribution < 1.29 is 28.6 Å². The number of hydrogen-bond donors (Lipinski definition) is 2. The highest BCUT2D eigenvalue weighted by Gasteiger charge is 2.25. The van der Waals surface area contributed by atoms with Gasteiger partial charge in [0.2, 0.25) is 0 Å². The van der Waals surface area contributed by atoms with E-state index in [1.54, 1.807) is 19.1 Å². The molecule has 2 aliphatic rings. The van der Waals surface area contributed by atoms with E-state index >= 15 is 0 Å². The average Bonchev–Trinajstić information content (AvgIpc) is 3.60. The van der Waals surface area contributed by atoms with Crippen molar-refractivity contribution >= 4 is 11.9 Å². The standard InChI is InChI=1S/C24H27FN2O5/c1-15-20(12-17(13-21(15)25)23(28)26-18-3-4-18)19-5-2-16(24(29)30)14-22(19)32-11-8-27-6-9-31-10-7-27/h2,5,12-14,18H,3-4,6-11H2,1H3,(H,26,28)(H,29,30). The van der Waals surface area contributed by atoms with Gasteiger partial charge < -0.3 is 19.9 Å². The van der Waals surface area contributed by atoms with E-state index in [0.29, 0.717) is 48.8 Å². The van der Waals surface area contributed by atoms with Crippen molar-refractivity contribution in [2.24, 2.45) is 0 Å². The van der Waals surface area contributed by atoms with Crippen molar-refractivity contribution in [3.8, 4) is 16.9 Å². The second-order valence-electron chi connectivity index (χ2n) is 8.20. The summed E-state index contributed by atoms with van der Waals surface area (Å²) in [4.78, 5) is 26.2. The van der Waals surface area contributed by atoms with Crippen LogP contribution in [-0.4, -0.2) is 67.4 Å². The number of halogens is 1. The fourth-order valence-electron chi connectivity index (χ4n) is 3.69. The van der Waals surface area contributed by atoms with Crippen LogP contribution >= 0.6 is 0 Å². The van der Waals surface area contributed by atoms with Crippen molar-refractivity contribution in [2.75, 3.05) is 39.5 Å². The fourth-order valence-corrected chi connectivity index (χ4v) is 3.69. The summed E-state index contributed by atoms with van der Waals surface area (Å²) in [5.74, 6) is -1.54. The third-order valence-electron chi connectivity index (χ3n) is 5.81. The maximum Gasteiger partial charge on any atom is 0.335 e. The fraction of sp³-hybridized carbons (Fsp3) is 0.417. The highest BCUT2D eigenvalue weighted by Crippen LogP contribution is 2.35. The summed E-state index contributed by atoms with van der Waals surface area (Å²) in [6.07, 6.45) is 1.87. The van der Waals surface area contributed by atoms with Gasteiger partial charge in [-0.1, -0.05) is 0 Å². The highest BCUT2D eigenvalue weighted by atomic mass is 19.1. The molecule has 0 spiro atoms. The number of hydrogen-bond acceptors (Lipinski definition) is 5. The molecule has 0 radical (unpaired) electrons. The number of ether oxygens (including phenoxy) is 2. The first kappa shape index (κ1) is 22.2. The summed E-state index contributed by atoms with van der Waals surface area (Å²) in [6, 6.07) is 7.55. The molecule has 7 nitrogen and oxygen atoms in total. The summed E-state index contributed by atoms with van der Waals surface area (Å²) in [7, 11) is 0. The van der Waals surface area contributed by atoms with Crippen LogP contribution in [0.1, 0.15) is 39.1 Å². The Hall–Kier alpha value is -2.97. The number of morpholine rings is 1. The second kappa shape index (κ2) is 9.67. The Morgan fingerprint density at radius 3 is 2.59 bits per heavy atom. The lowest BCUT2D eigenvalue weighted by atomic mass is 9.95. The normalized spacial score (nSPS) is 16.6. The summed E-state index contributed by atoms with van der Waals surface area (Å²) < 4.78 is 26.1. The van der Waals surface area contributed by atoms with E-state index in [1.165, 1.54) is 18.2 Å². The van der Waals surface area contributed by atoms with Crippen LogP contribution in [0, 0.1) is 12.7 Å². The Bertz CT molecular complexity index is 1020. The topological polar surface area (TPSA) is 88.1 Å². The zero-order chi connectivity index (χ0) is 22.7. The van der Waals surface area contributed by atoms with Crippen molar-refractivity contribution in [3.05, 3.63) is 52.8 Å². The molecule has 1 aliphatic carbocycles. The van der Waals surface area contributed by atoms with E-state index in [1.807, 2.05) is 0 Å². The molecule has 1 amide bonds. The van der Waals surface area contributed by atoms with Crippen LogP contribution in [0.2, 0.25) is 0 Å². The third kappa shape index (κ3) is 5.26. The molecule has 8 heteroatoms. The highest BCUT2D eigenvalue weighted by molar-refractivity contribution is 5.97. The molecule has 0 aromatic heterocycles. The van der Waals surface area contributed by atoms with Gasteiger partial charge in [0.25, 0.3) is 5.91 Å². The van der Waals surface area contributed by atoms with E-state index in [4.69, 9.17) is 9.47 Å². The minimum Gasteiger partial charge on any atom is -0.492 e. The molecule has 2 aromatic rings. The number of carboxylic acids is 1. The molecule has 1 saturated heterocycles. The van der Waals surface area contributed by atoms with Gasteiger partial charge in [-0.3, -0.25) is 9.69 Å². The molecule has 0 atom stereocenters. The number of carboxylic acid groups (broad SMARTS) is 1. The predicted octanol–water partition coefficient (Wildman–Crippen LogP) is 3.10. The number of rotatable bonds is 8. The molecule has 2 N–H and O–H groups in total. The molecule has 1 saturated carbocycles. The second-order valence-corrected chi connectivity index (χ2v) is 8.20. The number of amides is 1. The Balaban J connectivity index is 1.63. The molecule has 4 rings (SSSR count). The molecule has 2 aromatic carbocycles. The lowest BCUT2D eigenvalue weighted by Gasteiger charge is -2.26. The van der Waals surface area contributed by atoms with Crippen molar-refractivity contribution in [2.45, 2.75) is 25.8 Å².